The van der Waals surface area contributed by atoms with Gasteiger partial charge in [0.1, 0.15) is 0 Å². The van der Waals surface area contributed by atoms with Gasteiger partial charge in [-0.3, -0.25) is 0 Å². The van der Waals surface area contributed by atoms with Crippen LogP contribution >= 0.6 is 0 Å². The van der Waals surface area contributed by atoms with Crippen molar-refractivity contribution in [2.45, 2.75) is 46.6 Å². The van der Waals surface area contributed by atoms with Crippen LogP contribution in [-0.2, 0) is 0 Å². The molecule has 0 aliphatic rings. The zero-order valence-electron chi connectivity index (χ0n) is 11.5. The molecule has 17 heavy (non-hydrogen) atoms. The van der Waals surface area contributed by atoms with Crippen LogP contribution in [0.5, 0.6) is 0 Å². The van der Waals surface area contributed by atoms with Gasteiger partial charge in [0.25, 0.3) is 5.95 Å². The van der Waals surface area contributed by atoms with Crippen LogP contribution in [0.15, 0.2) is 4.52 Å². The Morgan fingerprint density at radius 2 is 1.82 bits per heavy atom. The summed E-state index contributed by atoms with van der Waals surface area (Å²) in [5.41, 5.74) is 5.98. The molecule has 0 fully saturated rings. The van der Waals surface area contributed by atoms with E-state index >= 15 is 0 Å². The molecule has 0 aromatic carbocycles. The van der Waals surface area contributed by atoms with E-state index in [9.17, 15) is 0 Å². The summed E-state index contributed by atoms with van der Waals surface area (Å²) in [6.07, 6.45) is 0. The van der Waals surface area contributed by atoms with Gasteiger partial charge in [-0.1, -0.05) is 13.8 Å². The Bertz CT molecular complexity index is 323. The predicted molar refractivity (Wildman–Crippen MR) is 69.1 cm³/mol. The molecular formula is C12H24N4O. The predicted octanol–water partition coefficient (Wildman–Crippen LogP) is 2.00. The fourth-order valence-corrected chi connectivity index (χ4v) is 2.11. The van der Waals surface area contributed by atoms with Crippen molar-refractivity contribution in [3.05, 3.63) is 5.89 Å². The third-order valence-corrected chi connectivity index (χ3v) is 3.05. The SMILES string of the molecule is CCN(CC)c1noc(C(C(C)C)C(C)N)n1. The highest BCUT2D eigenvalue weighted by molar-refractivity contribution is 5.27. The van der Waals surface area contributed by atoms with Crippen molar-refractivity contribution in [1.29, 1.82) is 0 Å². The molecule has 5 heteroatoms. The van der Waals surface area contributed by atoms with Crippen LogP contribution in [0, 0.1) is 5.92 Å². The van der Waals surface area contributed by atoms with Crippen LogP contribution in [0.4, 0.5) is 5.95 Å². The molecule has 1 aromatic heterocycles. The molecule has 1 heterocycles. The Hall–Kier alpha value is -1.10. The highest BCUT2D eigenvalue weighted by Gasteiger charge is 2.26. The van der Waals surface area contributed by atoms with E-state index in [1.807, 2.05) is 6.92 Å². The molecule has 5 nitrogen and oxygen atoms in total. The van der Waals surface area contributed by atoms with Crippen molar-refractivity contribution < 1.29 is 4.52 Å². The van der Waals surface area contributed by atoms with E-state index in [0.29, 0.717) is 17.8 Å². The third kappa shape index (κ3) is 3.19. The Morgan fingerprint density at radius 1 is 1.24 bits per heavy atom. The number of aromatic nitrogens is 2. The van der Waals surface area contributed by atoms with Gasteiger partial charge in [-0.2, -0.15) is 4.98 Å². The lowest BCUT2D eigenvalue weighted by molar-refractivity contribution is 0.300. The molecule has 0 amide bonds. The first kappa shape index (κ1) is 14.0. The number of nitrogens with zero attached hydrogens (tertiary/aromatic N) is 3. The van der Waals surface area contributed by atoms with E-state index < -0.39 is 0 Å². The van der Waals surface area contributed by atoms with Crippen LogP contribution < -0.4 is 10.6 Å². The molecule has 0 bridgehead atoms. The van der Waals surface area contributed by atoms with Crippen molar-refractivity contribution >= 4 is 5.95 Å². The summed E-state index contributed by atoms with van der Waals surface area (Å²) in [4.78, 5) is 6.52. The smallest absolute Gasteiger partial charge is 0.266 e. The Kier molecular flexibility index (Phi) is 4.93. The number of rotatable bonds is 6. The van der Waals surface area contributed by atoms with Crippen LogP contribution in [0.25, 0.3) is 0 Å². The first-order valence-electron chi connectivity index (χ1n) is 6.35. The number of hydrogen-bond acceptors (Lipinski definition) is 5. The van der Waals surface area contributed by atoms with Gasteiger partial charge in [-0.25, -0.2) is 0 Å². The first-order valence-corrected chi connectivity index (χ1v) is 6.35. The Balaban J connectivity index is 2.92. The van der Waals surface area contributed by atoms with Crippen molar-refractivity contribution in [3.63, 3.8) is 0 Å². The quantitative estimate of drug-likeness (QED) is 0.823. The third-order valence-electron chi connectivity index (χ3n) is 3.05. The van der Waals surface area contributed by atoms with Gasteiger partial charge in [-0.05, 0) is 31.8 Å². The molecule has 0 saturated carbocycles. The van der Waals surface area contributed by atoms with Gasteiger partial charge in [0.15, 0.2) is 0 Å². The van der Waals surface area contributed by atoms with Crippen molar-refractivity contribution in [1.82, 2.24) is 10.1 Å². The fourth-order valence-electron chi connectivity index (χ4n) is 2.11. The summed E-state index contributed by atoms with van der Waals surface area (Å²) in [6, 6.07) is 0.0139. The fraction of sp³-hybridized carbons (Fsp3) is 0.833. The zero-order chi connectivity index (χ0) is 13.0. The van der Waals surface area contributed by atoms with E-state index in [1.165, 1.54) is 0 Å². The summed E-state index contributed by atoms with van der Waals surface area (Å²) < 4.78 is 5.35. The molecule has 2 atom stereocenters. The topological polar surface area (TPSA) is 68.2 Å². The maximum Gasteiger partial charge on any atom is 0.266 e. The van der Waals surface area contributed by atoms with E-state index in [-0.39, 0.29) is 12.0 Å². The van der Waals surface area contributed by atoms with Gasteiger partial charge < -0.3 is 15.2 Å². The van der Waals surface area contributed by atoms with Gasteiger partial charge >= 0.3 is 0 Å². The Morgan fingerprint density at radius 3 is 2.24 bits per heavy atom. The van der Waals surface area contributed by atoms with E-state index in [2.05, 4.69) is 42.7 Å². The van der Waals surface area contributed by atoms with Gasteiger partial charge in [-0.15, -0.1) is 0 Å². The minimum absolute atomic E-state index is 0.0139. The van der Waals surface area contributed by atoms with E-state index in [0.717, 1.165) is 13.1 Å². The number of nitrogens with two attached hydrogens (primary N) is 1. The van der Waals surface area contributed by atoms with E-state index in [4.69, 9.17) is 10.3 Å². The lowest BCUT2D eigenvalue weighted by atomic mass is 9.90. The van der Waals surface area contributed by atoms with Crippen LogP contribution in [0.2, 0.25) is 0 Å². The molecule has 0 aliphatic heterocycles. The molecule has 2 unspecified atom stereocenters. The minimum Gasteiger partial charge on any atom is -0.339 e. The van der Waals surface area contributed by atoms with Crippen molar-refractivity contribution in [2.24, 2.45) is 11.7 Å². The second-order valence-electron chi connectivity index (χ2n) is 4.73. The average molecular weight is 240 g/mol. The summed E-state index contributed by atoms with van der Waals surface area (Å²) in [5.74, 6) is 1.82. The molecule has 2 N–H and O–H groups in total. The molecule has 0 spiro atoms. The molecule has 0 saturated heterocycles. The van der Waals surface area contributed by atoms with Crippen LogP contribution in [0.1, 0.15) is 46.4 Å². The second-order valence-corrected chi connectivity index (χ2v) is 4.73. The highest BCUT2D eigenvalue weighted by atomic mass is 16.5. The van der Waals surface area contributed by atoms with Gasteiger partial charge in [0.05, 0.1) is 5.92 Å². The normalized spacial score (nSPS) is 15.0. The molecule has 1 rings (SSSR count). The van der Waals surface area contributed by atoms with Crippen molar-refractivity contribution in [2.75, 3.05) is 18.0 Å². The minimum atomic E-state index is 0.0139. The number of hydrogen-bond donors (Lipinski definition) is 1. The molecule has 0 aliphatic carbocycles. The summed E-state index contributed by atoms with van der Waals surface area (Å²) in [6.45, 7) is 12.1. The molecular weight excluding hydrogens is 216 g/mol. The zero-order valence-corrected chi connectivity index (χ0v) is 11.5. The second kappa shape index (κ2) is 6.00. The van der Waals surface area contributed by atoms with E-state index in [1.54, 1.807) is 0 Å². The van der Waals surface area contributed by atoms with Crippen LogP contribution in [-0.4, -0.2) is 29.3 Å². The lowest BCUT2D eigenvalue weighted by Crippen LogP contribution is -2.29. The summed E-state index contributed by atoms with van der Waals surface area (Å²) >= 11 is 0. The van der Waals surface area contributed by atoms with Crippen LogP contribution in [0.3, 0.4) is 0 Å². The van der Waals surface area contributed by atoms with Gasteiger partial charge in [0, 0.05) is 19.1 Å². The standard InChI is InChI=1S/C12H24N4O/c1-6-16(7-2)12-14-11(17-15-12)10(8(3)4)9(5)13/h8-10H,6-7,13H2,1-5H3. The molecule has 1 aromatic rings. The maximum absolute atomic E-state index is 5.98. The average Bonchev–Trinajstić information content (AvgIpc) is 2.68. The van der Waals surface area contributed by atoms with Crippen molar-refractivity contribution in [3.8, 4) is 0 Å². The maximum atomic E-state index is 5.98. The lowest BCUT2D eigenvalue weighted by Gasteiger charge is -2.20. The molecule has 98 valence electrons. The number of anilines is 1. The highest BCUT2D eigenvalue weighted by Crippen LogP contribution is 2.26. The monoisotopic (exact) mass is 240 g/mol. The Labute approximate surface area is 103 Å². The summed E-state index contributed by atoms with van der Waals surface area (Å²) in [5, 5.41) is 4.03. The largest absolute Gasteiger partial charge is 0.339 e. The summed E-state index contributed by atoms with van der Waals surface area (Å²) in [7, 11) is 0. The van der Waals surface area contributed by atoms with Gasteiger partial charge in [0.2, 0.25) is 5.89 Å². The first-order chi connectivity index (χ1) is 8.01. The molecule has 0 radical (unpaired) electrons.